The van der Waals surface area contributed by atoms with E-state index in [1.54, 1.807) is 0 Å². The van der Waals surface area contributed by atoms with Gasteiger partial charge in [-0.05, 0) is 18.6 Å². The van der Waals surface area contributed by atoms with E-state index in [-0.39, 0.29) is 5.91 Å². The Bertz CT molecular complexity index is 811. The van der Waals surface area contributed by atoms with Gasteiger partial charge in [0.15, 0.2) is 11.7 Å². The van der Waals surface area contributed by atoms with Crippen LogP contribution in [0.4, 0.5) is 5.82 Å². The average Bonchev–Trinajstić information content (AvgIpc) is 2.69. The summed E-state index contributed by atoms with van der Waals surface area (Å²) < 4.78 is 5.41. The van der Waals surface area contributed by atoms with Crippen LogP contribution in [0, 0.1) is 11.3 Å². The van der Waals surface area contributed by atoms with Crippen LogP contribution in [0.2, 0.25) is 0 Å². The number of benzene rings is 1. The molecule has 0 radical (unpaired) electrons. The van der Waals surface area contributed by atoms with Crippen LogP contribution >= 0.6 is 0 Å². The van der Waals surface area contributed by atoms with E-state index in [4.69, 9.17) is 9.72 Å². The summed E-state index contributed by atoms with van der Waals surface area (Å²) in [5.74, 6) is -0.703. The zero-order valence-corrected chi connectivity index (χ0v) is 14.9. The minimum absolute atomic E-state index is 0.319. The fourth-order valence-electron chi connectivity index (χ4n) is 2.94. The third-order valence-corrected chi connectivity index (χ3v) is 4.38. The van der Waals surface area contributed by atoms with Crippen molar-refractivity contribution in [3.8, 4) is 6.07 Å². The molecular weight excluding hydrogens is 330 g/mol. The molecular formula is C19H23N5O2. The van der Waals surface area contributed by atoms with E-state index in [9.17, 15) is 10.1 Å². The number of carbonyl (C=O) groups excluding carboxylic acids is 1. The van der Waals surface area contributed by atoms with Crippen LogP contribution in [0.1, 0.15) is 31.4 Å². The van der Waals surface area contributed by atoms with Gasteiger partial charge in [-0.1, -0.05) is 25.5 Å². The topological polar surface area (TPSA) is 91.1 Å². The molecule has 7 heteroatoms. The van der Waals surface area contributed by atoms with E-state index in [0.717, 1.165) is 18.4 Å². The lowest BCUT2D eigenvalue weighted by Gasteiger charge is -2.29. The second-order valence-electron chi connectivity index (χ2n) is 6.23. The largest absolute Gasteiger partial charge is 0.378 e. The van der Waals surface area contributed by atoms with Gasteiger partial charge < -0.3 is 15.0 Å². The minimum atomic E-state index is -0.984. The Morgan fingerprint density at radius 1 is 1.31 bits per heavy atom. The maximum atomic E-state index is 12.6. The van der Waals surface area contributed by atoms with Crippen LogP contribution in [0.3, 0.4) is 0 Å². The number of anilines is 1. The fraction of sp³-hybridized carbons (Fsp3) is 0.474. The Morgan fingerprint density at radius 3 is 2.65 bits per heavy atom. The minimum Gasteiger partial charge on any atom is -0.378 e. The number of hydrogen-bond acceptors (Lipinski definition) is 6. The first-order chi connectivity index (χ1) is 12.7. The van der Waals surface area contributed by atoms with Crippen molar-refractivity contribution < 1.29 is 9.53 Å². The number of aromatic nitrogens is 2. The average molecular weight is 353 g/mol. The number of rotatable bonds is 6. The van der Waals surface area contributed by atoms with E-state index in [1.807, 2.05) is 29.2 Å². The van der Waals surface area contributed by atoms with Gasteiger partial charge in [-0.3, -0.25) is 4.79 Å². The highest BCUT2D eigenvalue weighted by atomic mass is 16.5. The third kappa shape index (κ3) is 3.92. The molecule has 1 saturated heterocycles. The molecule has 1 fully saturated rings. The fourth-order valence-corrected chi connectivity index (χ4v) is 2.94. The summed E-state index contributed by atoms with van der Waals surface area (Å²) in [6, 6.07) is 9.62. The highest BCUT2D eigenvalue weighted by molar-refractivity contribution is 5.88. The maximum absolute atomic E-state index is 12.6. The van der Waals surface area contributed by atoms with Gasteiger partial charge in [0.2, 0.25) is 5.91 Å². The Balaban J connectivity index is 2.00. The van der Waals surface area contributed by atoms with Gasteiger partial charge in [-0.25, -0.2) is 9.97 Å². The normalized spacial score (nSPS) is 15.5. The molecule has 0 aliphatic carbocycles. The predicted octanol–water partition coefficient (Wildman–Crippen LogP) is 1.99. The molecule has 2 aromatic rings. The van der Waals surface area contributed by atoms with Crippen molar-refractivity contribution in [1.82, 2.24) is 15.3 Å². The maximum Gasteiger partial charge on any atom is 0.243 e. The number of nitrogens with one attached hydrogen (secondary N) is 1. The van der Waals surface area contributed by atoms with Gasteiger partial charge in [0.1, 0.15) is 5.69 Å². The van der Waals surface area contributed by atoms with Crippen molar-refractivity contribution in [2.24, 2.45) is 0 Å². The van der Waals surface area contributed by atoms with Crippen LogP contribution in [-0.2, 0) is 9.53 Å². The summed E-state index contributed by atoms with van der Waals surface area (Å²) in [5, 5.41) is 12.5. The molecule has 1 aliphatic rings. The Kier molecular flexibility index (Phi) is 5.97. The number of nitriles is 1. The van der Waals surface area contributed by atoms with E-state index in [2.05, 4.69) is 23.3 Å². The molecule has 0 saturated carbocycles. The summed E-state index contributed by atoms with van der Waals surface area (Å²) in [6.45, 7) is 5.12. The first kappa shape index (κ1) is 18.1. The molecule has 1 aliphatic heterocycles. The number of carbonyl (C=O) groups is 1. The van der Waals surface area contributed by atoms with Crippen LogP contribution < -0.4 is 10.2 Å². The van der Waals surface area contributed by atoms with Crippen LogP contribution in [0.25, 0.3) is 11.0 Å². The summed E-state index contributed by atoms with van der Waals surface area (Å²) in [7, 11) is 0. The molecule has 0 bridgehead atoms. The van der Waals surface area contributed by atoms with Gasteiger partial charge >= 0.3 is 0 Å². The van der Waals surface area contributed by atoms with E-state index in [0.29, 0.717) is 49.9 Å². The molecule has 1 aromatic carbocycles. The molecule has 3 rings (SSSR count). The van der Waals surface area contributed by atoms with Crippen LogP contribution in [-0.4, -0.2) is 48.7 Å². The highest BCUT2D eigenvalue weighted by Gasteiger charge is 2.29. The van der Waals surface area contributed by atoms with Gasteiger partial charge in [-0.2, -0.15) is 5.26 Å². The number of fused-ring (bicyclic) bond motifs is 1. The molecule has 136 valence electrons. The SMILES string of the molecule is CCCCNC(=O)[C@H](C#N)c1nc2ccccc2nc1N1CCOCC1. The van der Waals surface area contributed by atoms with Gasteiger partial charge in [-0.15, -0.1) is 0 Å². The second kappa shape index (κ2) is 8.59. The number of unbranched alkanes of at least 4 members (excludes halogenated alkanes) is 1. The van der Waals surface area contributed by atoms with Crippen LogP contribution in [0.15, 0.2) is 24.3 Å². The Labute approximate surface area is 153 Å². The first-order valence-corrected chi connectivity index (χ1v) is 9.01. The van der Waals surface area contributed by atoms with Crippen LogP contribution in [0.5, 0.6) is 0 Å². The molecule has 1 aromatic heterocycles. The zero-order chi connectivity index (χ0) is 18.4. The number of amides is 1. The molecule has 26 heavy (non-hydrogen) atoms. The monoisotopic (exact) mass is 353 g/mol. The van der Waals surface area contributed by atoms with Crippen molar-refractivity contribution in [2.75, 3.05) is 37.7 Å². The molecule has 0 unspecified atom stereocenters. The van der Waals surface area contributed by atoms with Gasteiger partial charge in [0.05, 0.1) is 30.3 Å². The lowest BCUT2D eigenvalue weighted by Crippen LogP contribution is -2.39. The molecule has 0 spiro atoms. The van der Waals surface area contributed by atoms with Crippen molar-refractivity contribution >= 4 is 22.8 Å². The second-order valence-corrected chi connectivity index (χ2v) is 6.23. The molecule has 1 atom stereocenters. The lowest BCUT2D eigenvalue weighted by atomic mass is 10.0. The first-order valence-electron chi connectivity index (χ1n) is 9.01. The van der Waals surface area contributed by atoms with Gasteiger partial charge in [0.25, 0.3) is 0 Å². The zero-order valence-electron chi connectivity index (χ0n) is 14.9. The molecule has 1 amide bonds. The van der Waals surface area contributed by atoms with Gasteiger partial charge in [0, 0.05) is 19.6 Å². The predicted molar refractivity (Wildman–Crippen MR) is 98.8 cm³/mol. The van der Waals surface area contributed by atoms with E-state index >= 15 is 0 Å². The van der Waals surface area contributed by atoms with Crippen molar-refractivity contribution in [3.05, 3.63) is 30.0 Å². The molecule has 2 heterocycles. The Hall–Kier alpha value is -2.72. The van der Waals surface area contributed by atoms with Crippen molar-refractivity contribution in [2.45, 2.75) is 25.7 Å². The third-order valence-electron chi connectivity index (χ3n) is 4.38. The number of nitrogens with zero attached hydrogens (tertiary/aromatic N) is 4. The summed E-state index contributed by atoms with van der Waals surface area (Å²) in [5.41, 5.74) is 1.85. The number of ether oxygens (including phenoxy) is 1. The molecule has 7 nitrogen and oxygen atoms in total. The van der Waals surface area contributed by atoms with Crippen molar-refractivity contribution in [3.63, 3.8) is 0 Å². The summed E-state index contributed by atoms with van der Waals surface area (Å²) >= 11 is 0. The quantitative estimate of drug-likeness (QED) is 0.799. The number of morpholine rings is 1. The van der Waals surface area contributed by atoms with E-state index in [1.165, 1.54) is 0 Å². The molecule has 1 N–H and O–H groups in total. The lowest BCUT2D eigenvalue weighted by molar-refractivity contribution is -0.121. The number of hydrogen-bond donors (Lipinski definition) is 1. The van der Waals surface area contributed by atoms with Crippen molar-refractivity contribution in [1.29, 1.82) is 5.26 Å². The summed E-state index contributed by atoms with van der Waals surface area (Å²) in [6.07, 6.45) is 1.86. The smallest absolute Gasteiger partial charge is 0.243 e. The standard InChI is InChI=1S/C19H23N5O2/c1-2-3-8-21-19(25)14(13-20)17-18(24-9-11-26-12-10-24)23-16-7-5-4-6-15(16)22-17/h4-7,14H,2-3,8-12H2,1H3,(H,21,25)/t14-/m1/s1. The highest BCUT2D eigenvalue weighted by Crippen LogP contribution is 2.27. The van der Waals surface area contributed by atoms with E-state index < -0.39 is 5.92 Å². The number of para-hydroxylation sites is 2. The Morgan fingerprint density at radius 2 is 2.00 bits per heavy atom. The summed E-state index contributed by atoms with van der Waals surface area (Å²) in [4.78, 5) is 24.0.